The predicted molar refractivity (Wildman–Crippen MR) is 89.3 cm³/mol. The number of nitrogens with one attached hydrogen (secondary N) is 1. The van der Waals surface area contributed by atoms with Crippen molar-refractivity contribution < 1.29 is 4.74 Å². The Hall–Kier alpha value is -1.51. The second-order valence-corrected chi connectivity index (χ2v) is 5.73. The average Bonchev–Trinajstić information content (AvgIpc) is 2.49. The van der Waals surface area contributed by atoms with E-state index in [4.69, 9.17) is 16.3 Å². The van der Waals surface area contributed by atoms with Crippen molar-refractivity contribution in [2.24, 2.45) is 0 Å². The summed E-state index contributed by atoms with van der Waals surface area (Å²) < 4.78 is 5.47. The van der Waals surface area contributed by atoms with Crippen LogP contribution in [-0.2, 0) is 6.42 Å². The minimum atomic E-state index is 0.257. The molecule has 2 aromatic carbocycles. The molecule has 21 heavy (non-hydrogen) atoms. The molecule has 1 atom stereocenters. The first-order chi connectivity index (χ1) is 10.1. The summed E-state index contributed by atoms with van der Waals surface area (Å²) >= 11 is 5.89. The largest absolute Gasteiger partial charge is 0.496 e. The molecule has 0 radical (unpaired) electrons. The van der Waals surface area contributed by atoms with Crippen molar-refractivity contribution in [2.75, 3.05) is 13.7 Å². The summed E-state index contributed by atoms with van der Waals surface area (Å²) in [7, 11) is 1.72. The number of rotatable bonds is 6. The molecule has 0 saturated heterocycles. The van der Waals surface area contributed by atoms with Gasteiger partial charge in [0.2, 0.25) is 0 Å². The zero-order valence-corrected chi connectivity index (χ0v) is 13.6. The van der Waals surface area contributed by atoms with Crippen molar-refractivity contribution in [3.63, 3.8) is 0 Å². The van der Waals surface area contributed by atoms with Gasteiger partial charge in [0.25, 0.3) is 0 Å². The average molecular weight is 304 g/mol. The molecule has 2 rings (SSSR count). The van der Waals surface area contributed by atoms with E-state index in [1.807, 2.05) is 12.1 Å². The molecular weight excluding hydrogens is 282 g/mol. The Bertz CT molecular complexity index is 580. The maximum absolute atomic E-state index is 5.89. The van der Waals surface area contributed by atoms with E-state index < -0.39 is 0 Å². The fraction of sp³-hybridized carbons (Fsp3) is 0.333. The maximum atomic E-state index is 5.89. The van der Waals surface area contributed by atoms with Gasteiger partial charge in [-0.1, -0.05) is 35.9 Å². The molecule has 1 N–H and O–H groups in total. The number of methoxy groups -OCH3 is 1. The van der Waals surface area contributed by atoms with Gasteiger partial charge in [0.1, 0.15) is 5.75 Å². The zero-order chi connectivity index (χ0) is 15.2. The third-order valence-electron chi connectivity index (χ3n) is 3.63. The molecule has 0 aliphatic carbocycles. The van der Waals surface area contributed by atoms with E-state index in [0.717, 1.165) is 23.7 Å². The smallest absolute Gasteiger partial charge is 0.123 e. The molecule has 3 heteroatoms. The maximum Gasteiger partial charge on any atom is 0.123 e. The molecule has 2 aromatic rings. The molecule has 0 spiro atoms. The van der Waals surface area contributed by atoms with Crippen LogP contribution < -0.4 is 10.1 Å². The summed E-state index contributed by atoms with van der Waals surface area (Å²) in [5, 5.41) is 4.33. The Morgan fingerprint density at radius 3 is 2.52 bits per heavy atom. The normalized spacial score (nSPS) is 12.2. The standard InChI is InChI=1S/C18H22ClNO/c1-13-4-9-17(18(12-13)21-3)14(2)20-11-10-15-5-7-16(19)8-6-15/h4-9,12,14,20H,10-11H2,1-3H3. The molecule has 0 saturated carbocycles. The number of benzene rings is 2. The summed E-state index contributed by atoms with van der Waals surface area (Å²) in [4.78, 5) is 0. The van der Waals surface area contributed by atoms with E-state index in [1.54, 1.807) is 7.11 Å². The molecule has 112 valence electrons. The lowest BCUT2D eigenvalue weighted by Crippen LogP contribution is -2.21. The van der Waals surface area contributed by atoms with Gasteiger partial charge in [-0.05, 0) is 56.1 Å². The van der Waals surface area contributed by atoms with Gasteiger partial charge in [-0.2, -0.15) is 0 Å². The Kier molecular flexibility index (Phi) is 5.66. The van der Waals surface area contributed by atoms with Gasteiger partial charge < -0.3 is 10.1 Å². The van der Waals surface area contributed by atoms with Gasteiger partial charge in [-0.3, -0.25) is 0 Å². The highest BCUT2D eigenvalue weighted by Crippen LogP contribution is 2.26. The lowest BCUT2D eigenvalue weighted by atomic mass is 10.0. The number of aryl methyl sites for hydroxylation is 1. The molecule has 0 aliphatic heterocycles. The highest BCUT2D eigenvalue weighted by atomic mass is 35.5. The van der Waals surface area contributed by atoms with Gasteiger partial charge in [0, 0.05) is 16.6 Å². The van der Waals surface area contributed by atoms with Crippen LogP contribution in [0, 0.1) is 6.92 Å². The van der Waals surface area contributed by atoms with Crippen molar-refractivity contribution in [3.8, 4) is 5.75 Å². The third-order valence-corrected chi connectivity index (χ3v) is 3.88. The lowest BCUT2D eigenvalue weighted by molar-refractivity contribution is 0.401. The van der Waals surface area contributed by atoms with Gasteiger partial charge in [-0.15, -0.1) is 0 Å². The van der Waals surface area contributed by atoms with Crippen molar-refractivity contribution in [1.82, 2.24) is 5.32 Å². The minimum absolute atomic E-state index is 0.257. The Balaban J connectivity index is 1.92. The number of ether oxygens (including phenoxy) is 1. The van der Waals surface area contributed by atoms with E-state index in [9.17, 15) is 0 Å². The highest BCUT2D eigenvalue weighted by molar-refractivity contribution is 6.30. The molecule has 0 heterocycles. The summed E-state index contributed by atoms with van der Waals surface area (Å²) in [6.07, 6.45) is 0.982. The van der Waals surface area contributed by atoms with Gasteiger partial charge in [0.15, 0.2) is 0 Å². The number of halogens is 1. The highest BCUT2D eigenvalue weighted by Gasteiger charge is 2.10. The van der Waals surface area contributed by atoms with Crippen LogP contribution in [0.25, 0.3) is 0 Å². The van der Waals surface area contributed by atoms with Crippen molar-refractivity contribution in [1.29, 1.82) is 0 Å². The second kappa shape index (κ2) is 7.48. The third kappa shape index (κ3) is 4.48. The van der Waals surface area contributed by atoms with Crippen LogP contribution in [0.1, 0.15) is 29.7 Å². The fourth-order valence-corrected chi connectivity index (χ4v) is 2.50. The molecule has 0 aliphatic rings. The Morgan fingerprint density at radius 2 is 1.86 bits per heavy atom. The van der Waals surface area contributed by atoms with Crippen molar-refractivity contribution >= 4 is 11.6 Å². The van der Waals surface area contributed by atoms with Crippen LogP contribution in [0.15, 0.2) is 42.5 Å². The number of hydrogen-bond acceptors (Lipinski definition) is 2. The molecule has 0 amide bonds. The first-order valence-corrected chi connectivity index (χ1v) is 7.60. The summed E-state index contributed by atoms with van der Waals surface area (Å²) in [6, 6.07) is 14.6. The fourth-order valence-electron chi connectivity index (χ4n) is 2.37. The summed E-state index contributed by atoms with van der Waals surface area (Å²) in [5.74, 6) is 0.946. The molecule has 1 unspecified atom stereocenters. The van der Waals surface area contributed by atoms with Crippen LogP contribution in [-0.4, -0.2) is 13.7 Å². The molecule has 0 bridgehead atoms. The quantitative estimate of drug-likeness (QED) is 0.845. The van der Waals surface area contributed by atoms with Crippen LogP contribution in [0.2, 0.25) is 5.02 Å². The van der Waals surface area contributed by atoms with Gasteiger partial charge in [-0.25, -0.2) is 0 Å². The second-order valence-electron chi connectivity index (χ2n) is 5.30. The first-order valence-electron chi connectivity index (χ1n) is 7.22. The Morgan fingerprint density at radius 1 is 1.14 bits per heavy atom. The molecule has 2 nitrogen and oxygen atoms in total. The SMILES string of the molecule is COc1cc(C)ccc1C(C)NCCc1ccc(Cl)cc1. The van der Waals surface area contributed by atoms with Gasteiger partial charge >= 0.3 is 0 Å². The van der Waals surface area contributed by atoms with Gasteiger partial charge in [0.05, 0.1) is 7.11 Å². The Labute approximate surface area is 132 Å². The lowest BCUT2D eigenvalue weighted by Gasteiger charge is -2.18. The topological polar surface area (TPSA) is 21.3 Å². The molecule has 0 aromatic heterocycles. The molecule has 0 fully saturated rings. The predicted octanol–water partition coefficient (Wildman–Crippen LogP) is 4.55. The van der Waals surface area contributed by atoms with E-state index in [1.165, 1.54) is 16.7 Å². The van der Waals surface area contributed by atoms with Crippen LogP contribution in [0.5, 0.6) is 5.75 Å². The molecular formula is C18H22ClNO. The van der Waals surface area contributed by atoms with Crippen LogP contribution >= 0.6 is 11.6 Å². The van der Waals surface area contributed by atoms with E-state index in [0.29, 0.717) is 0 Å². The first kappa shape index (κ1) is 15.9. The number of hydrogen-bond donors (Lipinski definition) is 1. The summed E-state index contributed by atoms with van der Waals surface area (Å²) in [5.41, 5.74) is 3.69. The van der Waals surface area contributed by atoms with Crippen LogP contribution in [0.3, 0.4) is 0 Å². The monoisotopic (exact) mass is 303 g/mol. The van der Waals surface area contributed by atoms with E-state index >= 15 is 0 Å². The van der Waals surface area contributed by atoms with E-state index in [2.05, 4.69) is 49.5 Å². The summed E-state index contributed by atoms with van der Waals surface area (Å²) in [6.45, 7) is 5.15. The van der Waals surface area contributed by atoms with Crippen molar-refractivity contribution in [3.05, 3.63) is 64.2 Å². The van der Waals surface area contributed by atoms with Crippen LogP contribution in [0.4, 0.5) is 0 Å². The minimum Gasteiger partial charge on any atom is -0.496 e. The zero-order valence-electron chi connectivity index (χ0n) is 12.8. The van der Waals surface area contributed by atoms with E-state index in [-0.39, 0.29) is 6.04 Å². The van der Waals surface area contributed by atoms with Crippen molar-refractivity contribution in [2.45, 2.75) is 26.3 Å².